The van der Waals surface area contributed by atoms with E-state index < -0.39 is 0 Å². The fourth-order valence-corrected chi connectivity index (χ4v) is 2.20. The second-order valence-electron chi connectivity index (χ2n) is 6.65. The molecule has 0 atom stereocenters. The van der Waals surface area contributed by atoms with Crippen LogP contribution in [0.2, 0.25) is 0 Å². The van der Waals surface area contributed by atoms with Gasteiger partial charge in [-0.2, -0.15) is 0 Å². The second kappa shape index (κ2) is 5.28. The van der Waals surface area contributed by atoms with Crippen LogP contribution in [0.5, 0.6) is 0 Å². The van der Waals surface area contributed by atoms with Crippen LogP contribution in [-0.4, -0.2) is 11.9 Å². The van der Waals surface area contributed by atoms with Gasteiger partial charge >= 0.3 is 0 Å². The van der Waals surface area contributed by atoms with Crippen LogP contribution in [0.3, 0.4) is 0 Å². The van der Waals surface area contributed by atoms with Crippen LogP contribution in [0, 0.1) is 0 Å². The highest BCUT2D eigenvalue weighted by Gasteiger charge is 2.14. The molecule has 0 aliphatic carbocycles. The SMILES string of the molecule is CC(C)NC(=O)c1ccc2cc(C(C)(C)C)ccc2c1. The molecular formula is C18H23NO. The lowest BCUT2D eigenvalue weighted by Crippen LogP contribution is -2.29. The van der Waals surface area contributed by atoms with E-state index in [1.807, 2.05) is 32.0 Å². The number of carbonyl (C=O) groups excluding carboxylic acids is 1. The van der Waals surface area contributed by atoms with Gasteiger partial charge in [-0.25, -0.2) is 0 Å². The van der Waals surface area contributed by atoms with Crippen molar-refractivity contribution in [2.24, 2.45) is 0 Å². The molecule has 20 heavy (non-hydrogen) atoms. The van der Waals surface area contributed by atoms with Gasteiger partial charge in [0, 0.05) is 11.6 Å². The van der Waals surface area contributed by atoms with E-state index in [9.17, 15) is 4.79 Å². The number of hydrogen-bond donors (Lipinski definition) is 1. The molecule has 106 valence electrons. The van der Waals surface area contributed by atoms with Gasteiger partial charge in [0.15, 0.2) is 0 Å². The minimum Gasteiger partial charge on any atom is -0.350 e. The topological polar surface area (TPSA) is 29.1 Å². The first kappa shape index (κ1) is 14.6. The molecule has 0 aliphatic heterocycles. The number of nitrogens with one attached hydrogen (secondary N) is 1. The predicted octanol–water partition coefficient (Wildman–Crippen LogP) is 4.28. The van der Waals surface area contributed by atoms with Gasteiger partial charge in [0.2, 0.25) is 0 Å². The third kappa shape index (κ3) is 3.19. The molecule has 0 unspecified atom stereocenters. The van der Waals surface area contributed by atoms with E-state index in [2.05, 4.69) is 44.3 Å². The fraction of sp³-hybridized carbons (Fsp3) is 0.389. The van der Waals surface area contributed by atoms with Crippen molar-refractivity contribution >= 4 is 16.7 Å². The molecule has 0 aliphatic rings. The first-order chi connectivity index (χ1) is 9.27. The lowest BCUT2D eigenvalue weighted by atomic mass is 9.86. The molecule has 0 bridgehead atoms. The monoisotopic (exact) mass is 269 g/mol. The Balaban J connectivity index is 2.39. The minimum atomic E-state index is -0.0122. The highest BCUT2D eigenvalue weighted by Crippen LogP contribution is 2.26. The average molecular weight is 269 g/mol. The van der Waals surface area contributed by atoms with Gasteiger partial charge in [-0.3, -0.25) is 4.79 Å². The van der Waals surface area contributed by atoms with Gasteiger partial charge in [0.1, 0.15) is 0 Å². The van der Waals surface area contributed by atoms with Crippen LogP contribution in [-0.2, 0) is 5.41 Å². The average Bonchev–Trinajstić information content (AvgIpc) is 2.35. The standard InChI is InChI=1S/C18H23NO/c1-12(2)19-17(20)15-7-6-14-11-16(18(3,4)5)9-8-13(14)10-15/h6-12H,1-5H3,(H,19,20). The van der Waals surface area contributed by atoms with E-state index in [-0.39, 0.29) is 17.4 Å². The summed E-state index contributed by atoms with van der Waals surface area (Å²) in [6, 6.07) is 12.5. The fourth-order valence-electron chi connectivity index (χ4n) is 2.20. The zero-order valence-electron chi connectivity index (χ0n) is 12.9. The van der Waals surface area contributed by atoms with Gasteiger partial charge in [0.05, 0.1) is 0 Å². The Hall–Kier alpha value is -1.83. The molecule has 2 nitrogen and oxygen atoms in total. The molecule has 0 spiro atoms. The summed E-state index contributed by atoms with van der Waals surface area (Å²) in [5, 5.41) is 5.21. The summed E-state index contributed by atoms with van der Waals surface area (Å²) in [6.07, 6.45) is 0. The highest BCUT2D eigenvalue weighted by molar-refractivity contribution is 5.98. The molecule has 0 heterocycles. The predicted molar refractivity (Wildman–Crippen MR) is 85.3 cm³/mol. The molecule has 2 heteroatoms. The molecule has 0 radical (unpaired) electrons. The Morgan fingerprint density at radius 2 is 1.60 bits per heavy atom. The van der Waals surface area contributed by atoms with E-state index in [4.69, 9.17) is 0 Å². The van der Waals surface area contributed by atoms with Gasteiger partial charge in [-0.1, -0.05) is 45.0 Å². The van der Waals surface area contributed by atoms with Crippen molar-refractivity contribution in [2.45, 2.75) is 46.1 Å². The number of benzene rings is 2. The lowest BCUT2D eigenvalue weighted by molar-refractivity contribution is 0.0943. The van der Waals surface area contributed by atoms with Crippen LogP contribution >= 0.6 is 0 Å². The van der Waals surface area contributed by atoms with E-state index in [0.717, 1.165) is 10.9 Å². The number of amides is 1. The maximum absolute atomic E-state index is 12.0. The van der Waals surface area contributed by atoms with Crippen molar-refractivity contribution in [1.29, 1.82) is 0 Å². The smallest absolute Gasteiger partial charge is 0.251 e. The largest absolute Gasteiger partial charge is 0.350 e. The Bertz CT molecular complexity index is 635. The van der Waals surface area contributed by atoms with Crippen molar-refractivity contribution in [3.63, 3.8) is 0 Å². The molecule has 2 rings (SSSR count). The Kier molecular flexibility index (Phi) is 3.85. The zero-order chi connectivity index (χ0) is 14.9. The van der Waals surface area contributed by atoms with Crippen molar-refractivity contribution in [3.8, 4) is 0 Å². The van der Waals surface area contributed by atoms with Gasteiger partial charge in [0.25, 0.3) is 5.91 Å². The third-order valence-corrected chi connectivity index (χ3v) is 3.39. The lowest BCUT2D eigenvalue weighted by Gasteiger charge is -2.19. The van der Waals surface area contributed by atoms with Gasteiger partial charge < -0.3 is 5.32 Å². The Morgan fingerprint density at radius 1 is 1.00 bits per heavy atom. The van der Waals surface area contributed by atoms with E-state index in [1.54, 1.807) is 0 Å². The van der Waals surface area contributed by atoms with E-state index >= 15 is 0 Å². The first-order valence-electron chi connectivity index (χ1n) is 7.12. The summed E-state index contributed by atoms with van der Waals surface area (Å²) >= 11 is 0. The molecule has 0 aromatic heterocycles. The quantitative estimate of drug-likeness (QED) is 0.866. The summed E-state index contributed by atoms with van der Waals surface area (Å²) in [5.41, 5.74) is 2.17. The van der Waals surface area contributed by atoms with Crippen LogP contribution in [0.1, 0.15) is 50.5 Å². The number of fused-ring (bicyclic) bond motifs is 1. The molecule has 2 aromatic carbocycles. The molecule has 1 amide bonds. The summed E-state index contributed by atoms with van der Waals surface area (Å²) < 4.78 is 0. The highest BCUT2D eigenvalue weighted by atomic mass is 16.1. The van der Waals surface area contributed by atoms with Crippen molar-refractivity contribution < 1.29 is 4.79 Å². The van der Waals surface area contributed by atoms with Crippen LogP contribution in [0.4, 0.5) is 0 Å². The minimum absolute atomic E-state index is 0.0122. The zero-order valence-corrected chi connectivity index (χ0v) is 12.9. The Morgan fingerprint density at radius 3 is 2.20 bits per heavy atom. The van der Waals surface area contributed by atoms with Crippen LogP contribution < -0.4 is 5.32 Å². The van der Waals surface area contributed by atoms with Gasteiger partial charge in [-0.15, -0.1) is 0 Å². The van der Waals surface area contributed by atoms with Crippen molar-refractivity contribution in [2.75, 3.05) is 0 Å². The van der Waals surface area contributed by atoms with Gasteiger partial charge in [-0.05, 0) is 47.7 Å². The Labute approximate surface area is 121 Å². The number of hydrogen-bond acceptors (Lipinski definition) is 1. The molecule has 2 aromatic rings. The van der Waals surface area contributed by atoms with E-state index in [0.29, 0.717) is 0 Å². The summed E-state index contributed by atoms with van der Waals surface area (Å²) in [4.78, 5) is 12.0. The maximum Gasteiger partial charge on any atom is 0.251 e. The first-order valence-corrected chi connectivity index (χ1v) is 7.12. The van der Waals surface area contributed by atoms with Crippen molar-refractivity contribution in [3.05, 3.63) is 47.5 Å². The summed E-state index contributed by atoms with van der Waals surface area (Å²) in [6.45, 7) is 10.6. The normalized spacial score (nSPS) is 11.9. The molecule has 0 saturated carbocycles. The molecule has 0 saturated heterocycles. The molecule has 1 N–H and O–H groups in total. The second-order valence-corrected chi connectivity index (χ2v) is 6.65. The summed E-state index contributed by atoms with van der Waals surface area (Å²) in [7, 11) is 0. The number of carbonyl (C=O) groups is 1. The van der Waals surface area contributed by atoms with Crippen LogP contribution in [0.25, 0.3) is 10.8 Å². The number of rotatable bonds is 2. The maximum atomic E-state index is 12.0. The molecular weight excluding hydrogens is 246 g/mol. The third-order valence-electron chi connectivity index (χ3n) is 3.39. The summed E-state index contributed by atoms with van der Waals surface area (Å²) in [5.74, 6) is -0.0122. The van der Waals surface area contributed by atoms with Crippen LogP contribution in [0.15, 0.2) is 36.4 Å². The van der Waals surface area contributed by atoms with E-state index in [1.165, 1.54) is 10.9 Å². The van der Waals surface area contributed by atoms with Crippen molar-refractivity contribution in [1.82, 2.24) is 5.32 Å². The molecule has 0 fully saturated rings.